The summed E-state index contributed by atoms with van der Waals surface area (Å²) in [7, 11) is 0. The van der Waals surface area contributed by atoms with Gasteiger partial charge in [-0.05, 0) is 32.5 Å². The highest BCUT2D eigenvalue weighted by Crippen LogP contribution is 2.30. The van der Waals surface area contributed by atoms with Crippen LogP contribution in [0.4, 0.5) is 5.69 Å². The van der Waals surface area contributed by atoms with Gasteiger partial charge in [-0.25, -0.2) is 4.79 Å². The quantitative estimate of drug-likeness (QED) is 0.779. The number of nitrogens with one attached hydrogen (secondary N) is 2. The smallest absolute Gasteiger partial charge is 0.337 e. The highest BCUT2D eigenvalue weighted by molar-refractivity contribution is 6.37. The van der Waals surface area contributed by atoms with E-state index in [4.69, 9.17) is 28.3 Å². The largest absolute Gasteiger partial charge is 0.478 e. The van der Waals surface area contributed by atoms with Crippen LogP contribution in [0.1, 0.15) is 31.1 Å². The number of halogens is 2. The van der Waals surface area contributed by atoms with Gasteiger partial charge in [-0.3, -0.25) is 4.79 Å². The summed E-state index contributed by atoms with van der Waals surface area (Å²) in [4.78, 5) is 23.4. The summed E-state index contributed by atoms with van der Waals surface area (Å²) in [6.07, 6.45) is 0. The van der Waals surface area contributed by atoms with Crippen molar-refractivity contribution in [2.24, 2.45) is 0 Å². The number of carbonyl (C=O) groups excluding carboxylic acids is 1. The SMILES string of the molecule is CCNC(C)(C)C(=O)Nc1c(Cl)cc(Cl)cc1C(=O)O. The molecule has 0 saturated heterocycles. The van der Waals surface area contributed by atoms with E-state index in [9.17, 15) is 9.59 Å². The van der Waals surface area contributed by atoms with E-state index in [1.165, 1.54) is 12.1 Å². The van der Waals surface area contributed by atoms with Crippen molar-refractivity contribution in [3.8, 4) is 0 Å². The number of hydrogen-bond donors (Lipinski definition) is 3. The Labute approximate surface area is 127 Å². The lowest BCUT2D eigenvalue weighted by Gasteiger charge is -2.25. The third kappa shape index (κ3) is 3.85. The summed E-state index contributed by atoms with van der Waals surface area (Å²) < 4.78 is 0. The van der Waals surface area contributed by atoms with Gasteiger partial charge in [0.1, 0.15) is 0 Å². The number of amides is 1. The maximum atomic E-state index is 12.2. The molecule has 0 radical (unpaired) electrons. The van der Waals surface area contributed by atoms with Crippen LogP contribution in [0.15, 0.2) is 12.1 Å². The van der Waals surface area contributed by atoms with Gasteiger partial charge in [0.15, 0.2) is 0 Å². The molecule has 0 aliphatic heterocycles. The molecule has 110 valence electrons. The van der Waals surface area contributed by atoms with E-state index >= 15 is 0 Å². The van der Waals surface area contributed by atoms with Crippen LogP contribution in [0.25, 0.3) is 0 Å². The number of aromatic carboxylic acids is 1. The standard InChI is InChI=1S/C13H16Cl2N2O3/c1-4-16-13(2,3)12(20)17-10-8(11(18)19)5-7(14)6-9(10)15/h5-6,16H,4H2,1-3H3,(H,17,20)(H,18,19). The topological polar surface area (TPSA) is 78.4 Å². The number of rotatable bonds is 5. The second-order valence-electron chi connectivity index (χ2n) is 4.72. The Morgan fingerprint density at radius 3 is 2.40 bits per heavy atom. The molecule has 0 bridgehead atoms. The van der Waals surface area contributed by atoms with Crippen LogP contribution in [0.3, 0.4) is 0 Å². The van der Waals surface area contributed by atoms with E-state index in [1.54, 1.807) is 13.8 Å². The lowest BCUT2D eigenvalue weighted by Crippen LogP contribution is -2.49. The van der Waals surface area contributed by atoms with Gasteiger partial charge in [-0.1, -0.05) is 30.1 Å². The van der Waals surface area contributed by atoms with Crippen LogP contribution < -0.4 is 10.6 Å². The molecule has 3 N–H and O–H groups in total. The summed E-state index contributed by atoms with van der Waals surface area (Å²) >= 11 is 11.7. The maximum Gasteiger partial charge on any atom is 0.337 e. The summed E-state index contributed by atoms with van der Waals surface area (Å²) in [5, 5.41) is 15.0. The van der Waals surface area contributed by atoms with Gasteiger partial charge in [0.2, 0.25) is 5.91 Å². The summed E-state index contributed by atoms with van der Waals surface area (Å²) in [5.41, 5.74) is -0.962. The number of carbonyl (C=O) groups is 2. The molecule has 7 heteroatoms. The summed E-state index contributed by atoms with van der Waals surface area (Å²) in [5.74, 6) is -1.60. The zero-order valence-electron chi connectivity index (χ0n) is 11.4. The predicted molar refractivity (Wildman–Crippen MR) is 79.8 cm³/mol. The molecule has 0 aliphatic rings. The van der Waals surface area contributed by atoms with E-state index in [0.717, 1.165) is 0 Å². The van der Waals surface area contributed by atoms with Gasteiger partial charge in [-0.2, -0.15) is 0 Å². The number of hydrogen-bond acceptors (Lipinski definition) is 3. The molecular formula is C13H16Cl2N2O3. The molecule has 5 nitrogen and oxygen atoms in total. The van der Waals surface area contributed by atoms with Crippen molar-refractivity contribution in [3.63, 3.8) is 0 Å². The monoisotopic (exact) mass is 318 g/mol. The molecule has 1 rings (SSSR count). The molecule has 0 aromatic heterocycles. The Balaban J connectivity index is 3.15. The van der Waals surface area contributed by atoms with E-state index in [1.807, 2.05) is 6.92 Å². The lowest BCUT2D eigenvalue weighted by molar-refractivity contribution is -0.121. The first-order valence-corrected chi connectivity index (χ1v) is 6.73. The van der Waals surface area contributed by atoms with E-state index in [2.05, 4.69) is 10.6 Å². The minimum atomic E-state index is -1.22. The van der Waals surface area contributed by atoms with Gasteiger partial charge in [0.05, 0.1) is 21.8 Å². The Kier molecular flexibility index (Phi) is 5.39. The molecule has 20 heavy (non-hydrogen) atoms. The molecule has 0 atom stereocenters. The van der Waals surface area contributed by atoms with Crippen molar-refractivity contribution in [2.45, 2.75) is 26.3 Å². The summed E-state index contributed by atoms with van der Waals surface area (Å²) in [6, 6.07) is 2.62. The third-order valence-corrected chi connectivity index (χ3v) is 3.23. The molecule has 0 fully saturated rings. The second kappa shape index (κ2) is 6.43. The normalized spacial score (nSPS) is 11.2. The predicted octanol–water partition coefficient (Wildman–Crippen LogP) is 3.02. The average Bonchev–Trinajstić information content (AvgIpc) is 2.31. The molecule has 0 unspecified atom stereocenters. The van der Waals surface area contributed by atoms with Gasteiger partial charge >= 0.3 is 5.97 Å². The molecular weight excluding hydrogens is 303 g/mol. The zero-order valence-corrected chi connectivity index (χ0v) is 12.9. The Morgan fingerprint density at radius 1 is 1.30 bits per heavy atom. The van der Waals surface area contributed by atoms with Crippen molar-refractivity contribution >= 4 is 40.8 Å². The number of anilines is 1. The molecule has 0 heterocycles. The minimum Gasteiger partial charge on any atom is -0.478 e. The van der Waals surface area contributed by atoms with Crippen molar-refractivity contribution in [1.82, 2.24) is 5.32 Å². The summed E-state index contributed by atoms with van der Waals surface area (Å²) in [6.45, 7) is 5.85. The lowest BCUT2D eigenvalue weighted by atomic mass is 10.0. The molecule has 0 aliphatic carbocycles. The maximum absolute atomic E-state index is 12.2. The molecule has 0 saturated carbocycles. The fourth-order valence-electron chi connectivity index (χ4n) is 1.66. The molecule has 0 spiro atoms. The number of carboxylic acids is 1. The first-order valence-electron chi connectivity index (χ1n) is 5.98. The van der Waals surface area contributed by atoms with Crippen molar-refractivity contribution in [1.29, 1.82) is 0 Å². The highest BCUT2D eigenvalue weighted by atomic mass is 35.5. The van der Waals surface area contributed by atoms with Gasteiger partial charge < -0.3 is 15.7 Å². The number of likely N-dealkylation sites (N-methyl/N-ethyl adjacent to an activating group) is 1. The van der Waals surface area contributed by atoms with Gasteiger partial charge in [-0.15, -0.1) is 0 Å². The van der Waals surface area contributed by atoms with Gasteiger partial charge in [0, 0.05) is 5.02 Å². The van der Waals surface area contributed by atoms with Crippen LogP contribution in [-0.2, 0) is 4.79 Å². The fourth-order valence-corrected chi connectivity index (χ4v) is 2.20. The van der Waals surface area contributed by atoms with E-state index < -0.39 is 11.5 Å². The van der Waals surface area contributed by atoms with E-state index in [0.29, 0.717) is 6.54 Å². The Morgan fingerprint density at radius 2 is 1.90 bits per heavy atom. The van der Waals surface area contributed by atoms with E-state index in [-0.39, 0.29) is 27.2 Å². The Hall–Kier alpha value is -1.30. The number of carboxylic acid groups (broad SMARTS) is 1. The minimum absolute atomic E-state index is 0.0412. The molecule has 1 amide bonds. The van der Waals surface area contributed by atoms with Crippen LogP contribution >= 0.6 is 23.2 Å². The van der Waals surface area contributed by atoms with Crippen LogP contribution in [0.2, 0.25) is 10.0 Å². The fraction of sp³-hybridized carbons (Fsp3) is 0.385. The van der Waals surface area contributed by atoms with Crippen molar-refractivity contribution < 1.29 is 14.7 Å². The first-order chi connectivity index (χ1) is 9.19. The van der Waals surface area contributed by atoms with Crippen LogP contribution in [-0.4, -0.2) is 29.1 Å². The van der Waals surface area contributed by atoms with Crippen molar-refractivity contribution in [2.75, 3.05) is 11.9 Å². The van der Waals surface area contributed by atoms with Gasteiger partial charge in [0.25, 0.3) is 0 Å². The first kappa shape index (κ1) is 16.8. The number of benzene rings is 1. The van der Waals surface area contributed by atoms with Crippen molar-refractivity contribution in [3.05, 3.63) is 27.7 Å². The van der Waals surface area contributed by atoms with Crippen LogP contribution in [0, 0.1) is 0 Å². The zero-order chi connectivity index (χ0) is 15.5. The average molecular weight is 319 g/mol. The Bertz CT molecular complexity index is 545. The van der Waals surface area contributed by atoms with Crippen LogP contribution in [0.5, 0.6) is 0 Å². The molecule has 1 aromatic rings. The molecule has 1 aromatic carbocycles. The third-order valence-electron chi connectivity index (χ3n) is 2.71. The second-order valence-corrected chi connectivity index (χ2v) is 5.57. The highest BCUT2D eigenvalue weighted by Gasteiger charge is 2.28.